The highest BCUT2D eigenvalue weighted by Gasteiger charge is 2.11. The number of carboxylic acid groups (broad SMARTS) is 1. The summed E-state index contributed by atoms with van der Waals surface area (Å²) in [5.74, 6) is 0.360. The topological polar surface area (TPSA) is 93.8 Å². The van der Waals surface area contributed by atoms with Crippen molar-refractivity contribution >= 4 is 61.6 Å². The maximum absolute atomic E-state index is 13.1. The molecule has 35 heavy (non-hydrogen) atoms. The third-order valence-electron chi connectivity index (χ3n) is 5.22. The number of benzene rings is 3. The minimum absolute atomic E-state index is 0.209. The number of nitrogens with zero attached hydrogens (tertiary/aromatic N) is 3. The van der Waals surface area contributed by atoms with E-state index in [4.69, 9.17) is 9.84 Å². The van der Waals surface area contributed by atoms with E-state index >= 15 is 0 Å². The number of ether oxygens (including phenoxy) is 1. The minimum atomic E-state index is -0.958. The number of aryl methyl sites for hydroxylation is 1. The highest BCUT2D eigenvalue weighted by Crippen LogP contribution is 2.23. The number of hydrogen-bond acceptors (Lipinski definition) is 5. The number of aromatic carboxylic acids is 1. The van der Waals surface area contributed by atoms with E-state index in [1.807, 2.05) is 37.3 Å². The Bertz CT molecular complexity index is 1480. The van der Waals surface area contributed by atoms with Crippen LogP contribution in [0, 0.1) is 3.57 Å². The molecule has 0 bridgehead atoms. The van der Waals surface area contributed by atoms with E-state index in [1.54, 1.807) is 36.5 Å². The molecule has 0 atom stereocenters. The van der Waals surface area contributed by atoms with Crippen molar-refractivity contribution in [2.45, 2.75) is 26.4 Å². The average Bonchev–Trinajstić information content (AvgIpc) is 2.84. The number of hydrogen-bond donors (Lipinski definition) is 1. The third kappa shape index (κ3) is 5.96. The number of carboxylic acids is 1. The van der Waals surface area contributed by atoms with E-state index in [-0.39, 0.29) is 11.1 Å². The maximum Gasteiger partial charge on any atom is 0.335 e. The molecular formula is C26H21BrIN3O4. The standard InChI is InChI=1S/C26H21BrIN3O4/c1-2-3-24-30-22-10-9-19(27)13-20(22)25(32)31(24)29-14-17-6-11-23(21(28)12-17)35-15-16-4-7-18(8-5-16)26(33)34/h4-14H,2-3,15H2,1H3,(H,33,34). The largest absolute Gasteiger partial charge is 0.488 e. The SMILES string of the molecule is CCCc1nc2ccc(Br)cc2c(=O)n1N=Cc1ccc(OCc2ccc(C(=O)O)cc2)c(I)c1. The van der Waals surface area contributed by atoms with Gasteiger partial charge in [0, 0.05) is 10.9 Å². The quantitative estimate of drug-likeness (QED) is 0.191. The number of rotatable bonds is 8. The lowest BCUT2D eigenvalue weighted by Gasteiger charge is -2.10. The zero-order valence-electron chi connectivity index (χ0n) is 18.7. The second-order valence-corrected chi connectivity index (χ2v) is 9.86. The molecule has 0 spiro atoms. The van der Waals surface area contributed by atoms with Gasteiger partial charge in [-0.1, -0.05) is 35.0 Å². The first-order chi connectivity index (χ1) is 16.9. The van der Waals surface area contributed by atoms with Crippen LogP contribution < -0.4 is 10.3 Å². The van der Waals surface area contributed by atoms with Crippen molar-refractivity contribution in [2.75, 3.05) is 0 Å². The van der Waals surface area contributed by atoms with Crippen molar-refractivity contribution in [1.82, 2.24) is 9.66 Å². The molecule has 1 N–H and O–H groups in total. The molecule has 178 valence electrons. The zero-order chi connectivity index (χ0) is 24.9. The van der Waals surface area contributed by atoms with Crippen LogP contribution in [0.3, 0.4) is 0 Å². The van der Waals surface area contributed by atoms with Crippen LogP contribution in [-0.4, -0.2) is 27.0 Å². The lowest BCUT2D eigenvalue weighted by atomic mass is 10.1. The predicted octanol–water partition coefficient (Wildman–Crippen LogP) is 5.88. The lowest BCUT2D eigenvalue weighted by molar-refractivity contribution is 0.0697. The van der Waals surface area contributed by atoms with Crippen LogP contribution in [0.25, 0.3) is 10.9 Å². The fraction of sp³-hybridized carbons (Fsp3) is 0.154. The summed E-state index contributed by atoms with van der Waals surface area (Å²) in [4.78, 5) is 28.8. The molecule has 3 aromatic carbocycles. The number of carbonyl (C=O) groups is 1. The second-order valence-electron chi connectivity index (χ2n) is 7.78. The molecule has 0 amide bonds. The Labute approximate surface area is 223 Å². The summed E-state index contributed by atoms with van der Waals surface area (Å²) in [6.07, 6.45) is 3.12. The molecule has 0 aliphatic rings. The van der Waals surface area contributed by atoms with E-state index in [0.29, 0.717) is 35.5 Å². The van der Waals surface area contributed by atoms with Crippen molar-refractivity contribution in [2.24, 2.45) is 5.10 Å². The van der Waals surface area contributed by atoms with Gasteiger partial charge in [0.25, 0.3) is 5.56 Å². The summed E-state index contributed by atoms with van der Waals surface area (Å²) in [7, 11) is 0. The van der Waals surface area contributed by atoms with Gasteiger partial charge < -0.3 is 9.84 Å². The van der Waals surface area contributed by atoms with Gasteiger partial charge in [0.05, 0.1) is 26.3 Å². The van der Waals surface area contributed by atoms with Gasteiger partial charge >= 0.3 is 5.97 Å². The molecule has 0 aliphatic carbocycles. The molecule has 4 rings (SSSR count). The molecular weight excluding hydrogens is 625 g/mol. The first-order valence-electron chi connectivity index (χ1n) is 10.9. The molecule has 0 unspecified atom stereocenters. The fourth-order valence-electron chi connectivity index (χ4n) is 3.44. The molecule has 0 saturated heterocycles. The summed E-state index contributed by atoms with van der Waals surface area (Å²) in [6, 6.07) is 17.7. The van der Waals surface area contributed by atoms with E-state index < -0.39 is 5.97 Å². The highest BCUT2D eigenvalue weighted by molar-refractivity contribution is 14.1. The van der Waals surface area contributed by atoms with Gasteiger partial charge in [-0.3, -0.25) is 4.79 Å². The third-order valence-corrected chi connectivity index (χ3v) is 6.56. The number of halogens is 2. The summed E-state index contributed by atoms with van der Waals surface area (Å²) < 4.78 is 8.97. The van der Waals surface area contributed by atoms with E-state index in [1.165, 1.54) is 4.68 Å². The van der Waals surface area contributed by atoms with Crippen molar-refractivity contribution in [3.8, 4) is 5.75 Å². The van der Waals surface area contributed by atoms with Gasteiger partial charge in [0.15, 0.2) is 0 Å². The predicted molar refractivity (Wildman–Crippen MR) is 148 cm³/mol. The van der Waals surface area contributed by atoms with Crippen LogP contribution in [-0.2, 0) is 13.0 Å². The van der Waals surface area contributed by atoms with Crippen LogP contribution in [0.2, 0.25) is 0 Å². The van der Waals surface area contributed by atoms with Crippen molar-refractivity contribution < 1.29 is 14.6 Å². The Hall–Kier alpha value is -3.05. The number of fused-ring (bicyclic) bond motifs is 1. The lowest BCUT2D eigenvalue weighted by Crippen LogP contribution is -2.22. The summed E-state index contributed by atoms with van der Waals surface area (Å²) in [5.41, 5.74) is 2.37. The van der Waals surface area contributed by atoms with Crippen LogP contribution in [0.4, 0.5) is 0 Å². The molecule has 0 fully saturated rings. The van der Waals surface area contributed by atoms with E-state index in [0.717, 1.165) is 25.6 Å². The van der Waals surface area contributed by atoms with Gasteiger partial charge in [-0.25, -0.2) is 9.78 Å². The van der Waals surface area contributed by atoms with E-state index in [2.05, 4.69) is 48.6 Å². The monoisotopic (exact) mass is 645 g/mol. The Morgan fingerprint density at radius 2 is 1.94 bits per heavy atom. The Balaban J connectivity index is 1.55. The van der Waals surface area contributed by atoms with Gasteiger partial charge in [0.2, 0.25) is 0 Å². The summed E-state index contributed by atoms with van der Waals surface area (Å²) >= 11 is 5.61. The zero-order valence-corrected chi connectivity index (χ0v) is 22.5. The molecule has 0 aliphatic heterocycles. The van der Waals surface area contributed by atoms with Gasteiger partial charge in [-0.2, -0.15) is 9.78 Å². The molecule has 9 heteroatoms. The van der Waals surface area contributed by atoms with Gasteiger partial charge in [-0.15, -0.1) is 0 Å². The van der Waals surface area contributed by atoms with Gasteiger partial charge in [0.1, 0.15) is 18.2 Å². The minimum Gasteiger partial charge on any atom is -0.488 e. The van der Waals surface area contributed by atoms with Crippen LogP contribution in [0.5, 0.6) is 5.75 Å². The highest BCUT2D eigenvalue weighted by atomic mass is 127. The molecule has 0 saturated carbocycles. The molecule has 1 aromatic heterocycles. The first-order valence-corrected chi connectivity index (χ1v) is 12.7. The Kier molecular flexibility index (Phi) is 7.97. The fourth-order valence-corrected chi connectivity index (χ4v) is 4.50. The average molecular weight is 646 g/mol. The maximum atomic E-state index is 13.1. The van der Waals surface area contributed by atoms with Crippen molar-refractivity contribution in [1.29, 1.82) is 0 Å². The summed E-state index contributed by atoms with van der Waals surface area (Å²) in [5, 5.41) is 14.0. The van der Waals surface area contributed by atoms with Crippen LogP contribution >= 0.6 is 38.5 Å². The van der Waals surface area contributed by atoms with Crippen LogP contribution in [0.1, 0.15) is 40.7 Å². The van der Waals surface area contributed by atoms with Gasteiger partial charge in [-0.05, 0) is 88.7 Å². The Morgan fingerprint density at radius 1 is 1.17 bits per heavy atom. The molecule has 0 radical (unpaired) electrons. The molecule has 4 aromatic rings. The first kappa shape index (κ1) is 25.1. The van der Waals surface area contributed by atoms with E-state index in [9.17, 15) is 9.59 Å². The molecule has 7 nitrogen and oxygen atoms in total. The normalized spacial score (nSPS) is 11.3. The smallest absolute Gasteiger partial charge is 0.335 e. The van der Waals surface area contributed by atoms with Crippen molar-refractivity contribution in [3.05, 3.63) is 102 Å². The number of aromatic nitrogens is 2. The summed E-state index contributed by atoms with van der Waals surface area (Å²) in [6.45, 7) is 2.35. The Morgan fingerprint density at radius 3 is 2.63 bits per heavy atom. The van der Waals surface area contributed by atoms with Crippen molar-refractivity contribution in [3.63, 3.8) is 0 Å². The second kappa shape index (κ2) is 11.1. The van der Waals surface area contributed by atoms with Crippen LogP contribution in [0.15, 0.2) is 75.0 Å². The molecule has 1 heterocycles.